The van der Waals surface area contributed by atoms with Crippen LogP contribution in [0.5, 0.6) is 0 Å². The van der Waals surface area contributed by atoms with E-state index in [2.05, 4.69) is 27.3 Å². The molecule has 3 aromatic heterocycles. The molecule has 5 atom stereocenters. The van der Waals surface area contributed by atoms with Gasteiger partial charge in [0.25, 0.3) is 0 Å². The van der Waals surface area contributed by atoms with E-state index >= 15 is 0 Å². The summed E-state index contributed by atoms with van der Waals surface area (Å²) < 4.78 is 1.65. The quantitative estimate of drug-likeness (QED) is 0.450. The molecule has 0 radical (unpaired) electrons. The second-order valence-electron chi connectivity index (χ2n) is 8.52. The number of nitrogens with two attached hydrogens (primary N) is 1. The Bertz CT molecular complexity index is 1170. The molecule has 0 unspecified atom stereocenters. The van der Waals surface area contributed by atoms with E-state index in [1.54, 1.807) is 29.0 Å². The molecule has 9 nitrogen and oxygen atoms in total. The van der Waals surface area contributed by atoms with Gasteiger partial charge in [-0.3, -0.25) is 10.2 Å². The van der Waals surface area contributed by atoms with Crippen LogP contribution in [0.15, 0.2) is 36.7 Å². The van der Waals surface area contributed by atoms with Gasteiger partial charge >= 0.3 is 5.97 Å². The number of nitrogens with zero attached hydrogens (tertiary/aromatic N) is 4. The lowest BCUT2D eigenvalue weighted by molar-refractivity contribution is -0.145. The standard InChI is InChI=1S/C22H25N7O2/c1-2-12-14-9-11(14)10-15(17(12)22(30)31)26-20-16-6-4-8-29(16)28-21(27-20)18(23)13-5-3-7-25-19(13)24/h3-8,11-12,14-15,17,23H,2,9-10H2,1H3,(H2,24,25)(H,30,31)(H,26,27,28)/t11-,12+,14-,15+,17+/m1/s1. The van der Waals surface area contributed by atoms with Gasteiger partial charge in [0, 0.05) is 24.0 Å². The normalized spacial score (nSPS) is 26.9. The number of aliphatic carboxylic acids is 1. The number of aromatic nitrogens is 4. The zero-order valence-corrected chi connectivity index (χ0v) is 17.2. The maximum absolute atomic E-state index is 12.2. The Hall–Kier alpha value is -3.49. The Morgan fingerprint density at radius 2 is 2.19 bits per heavy atom. The summed E-state index contributed by atoms with van der Waals surface area (Å²) in [4.78, 5) is 20.8. The predicted molar refractivity (Wildman–Crippen MR) is 116 cm³/mol. The summed E-state index contributed by atoms with van der Waals surface area (Å²) in [5, 5.41) is 26.5. The molecule has 5 rings (SSSR count). The largest absolute Gasteiger partial charge is 0.481 e. The third kappa shape index (κ3) is 3.30. The Balaban J connectivity index is 1.52. The number of hydrogen-bond donors (Lipinski definition) is 4. The molecular formula is C22H25N7O2. The van der Waals surface area contributed by atoms with E-state index in [-0.39, 0.29) is 29.3 Å². The lowest BCUT2D eigenvalue weighted by Crippen LogP contribution is -2.44. The van der Waals surface area contributed by atoms with Crippen molar-refractivity contribution in [3.05, 3.63) is 48.0 Å². The van der Waals surface area contributed by atoms with Crippen LogP contribution in [0.25, 0.3) is 5.52 Å². The predicted octanol–water partition coefficient (Wildman–Crippen LogP) is 2.67. The minimum Gasteiger partial charge on any atom is -0.481 e. The van der Waals surface area contributed by atoms with E-state index in [0.717, 1.165) is 24.8 Å². The van der Waals surface area contributed by atoms with Gasteiger partial charge in [-0.15, -0.1) is 5.10 Å². The van der Waals surface area contributed by atoms with Gasteiger partial charge in [-0.1, -0.05) is 13.3 Å². The molecule has 160 valence electrons. The van der Waals surface area contributed by atoms with E-state index < -0.39 is 11.9 Å². The molecule has 0 aliphatic heterocycles. The number of nitrogens with one attached hydrogen (secondary N) is 2. The SMILES string of the molecule is CC[C@H]1[C@@H]2C[C@@H]2C[C@H](Nc2nc(C(=N)c3cccnc3N)nn3cccc23)[C@H]1C(=O)O. The fourth-order valence-corrected chi connectivity index (χ4v) is 5.24. The van der Waals surface area contributed by atoms with E-state index in [1.807, 2.05) is 12.1 Å². The molecule has 3 aromatic rings. The maximum atomic E-state index is 12.2. The number of carboxylic acids is 1. The van der Waals surface area contributed by atoms with Crippen molar-refractivity contribution in [3.63, 3.8) is 0 Å². The third-order valence-electron chi connectivity index (χ3n) is 6.78. The smallest absolute Gasteiger partial charge is 0.308 e. The van der Waals surface area contributed by atoms with Crippen LogP contribution in [0.4, 0.5) is 11.6 Å². The average molecular weight is 419 g/mol. The number of rotatable bonds is 6. The average Bonchev–Trinajstić information content (AvgIpc) is 3.37. The van der Waals surface area contributed by atoms with E-state index in [0.29, 0.717) is 23.2 Å². The van der Waals surface area contributed by atoms with Crippen LogP contribution in [0, 0.1) is 29.1 Å². The number of hydrogen-bond acceptors (Lipinski definition) is 7. The van der Waals surface area contributed by atoms with Crippen molar-refractivity contribution in [3.8, 4) is 0 Å². The van der Waals surface area contributed by atoms with E-state index in [9.17, 15) is 9.90 Å². The lowest BCUT2D eigenvalue weighted by atomic mass is 9.74. The van der Waals surface area contributed by atoms with Crippen molar-refractivity contribution in [1.29, 1.82) is 5.41 Å². The van der Waals surface area contributed by atoms with Crippen molar-refractivity contribution in [2.75, 3.05) is 11.1 Å². The molecule has 0 saturated heterocycles. The van der Waals surface area contributed by atoms with Crippen LogP contribution < -0.4 is 11.1 Å². The Morgan fingerprint density at radius 3 is 2.94 bits per heavy atom. The van der Waals surface area contributed by atoms with Gasteiger partial charge in [0.2, 0.25) is 5.82 Å². The molecule has 5 N–H and O–H groups in total. The highest BCUT2D eigenvalue weighted by atomic mass is 16.4. The van der Waals surface area contributed by atoms with Crippen LogP contribution in [0.1, 0.15) is 37.6 Å². The Labute approximate surface area is 179 Å². The molecule has 0 aromatic carbocycles. The number of nitrogen functional groups attached to an aromatic ring is 1. The minimum atomic E-state index is -0.758. The van der Waals surface area contributed by atoms with Gasteiger partial charge < -0.3 is 16.2 Å². The van der Waals surface area contributed by atoms with Crippen LogP contribution in [0.2, 0.25) is 0 Å². The van der Waals surface area contributed by atoms with Crippen molar-refractivity contribution in [1.82, 2.24) is 19.6 Å². The number of carboxylic acid groups (broad SMARTS) is 1. The monoisotopic (exact) mass is 419 g/mol. The first-order chi connectivity index (χ1) is 15.0. The third-order valence-corrected chi connectivity index (χ3v) is 6.78. The summed E-state index contributed by atoms with van der Waals surface area (Å²) in [7, 11) is 0. The molecule has 2 fully saturated rings. The van der Waals surface area contributed by atoms with Crippen molar-refractivity contribution in [2.45, 2.75) is 32.2 Å². The highest BCUT2D eigenvalue weighted by Crippen LogP contribution is 2.56. The molecule has 3 heterocycles. The first-order valence-corrected chi connectivity index (χ1v) is 10.6. The molecule has 9 heteroatoms. The van der Waals surface area contributed by atoms with Crippen LogP contribution in [-0.2, 0) is 4.79 Å². The summed E-state index contributed by atoms with van der Waals surface area (Å²) in [6.45, 7) is 2.08. The molecule has 0 spiro atoms. The highest BCUT2D eigenvalue weighted by molar-refractivity contribution is 6.11. The molecular weight excluding hydrogens is 394 g/mol. The summed E-state index contributed by atoms with van der Waals surface area (Å²) in [6, 6.07) is 6.93. The van der Waals surface area contributed by atoms with Crippen LogP contribution in [0.3, 0.4) is 0 Å². The summed E-state index contributed by atoms with van der Waals surface area (Å²) in [6.07, 6.45) is 6.14. The first-order valence-electron chi connectivity index (χ1n) is 10.6. The van der Waals surface area contributed by atoms with Gasteiger partial charge in [-0.2, -0.15) is 0 Å². The molecule has 0 bridgehead atoms. The molecule has 2 aliphatic carbocycles. The maximum Gasteiger partial charge on any atom is 0.308 e. The fourth-order valence-electron chi connectivity index (χ4n) is 5.24. The summed E-state index contributed by atoms with van der Waals surface area (Å²) >= 11 is 0. The summed E-state index contributed by atoms with van der Waals surface area (Å²) in [5.74, 6) is 1.03. The van der Waals surface area contributed by atoms with Gasteiger partial charge in [-0.25, -0.2) is 14.5 Å². The van der Waals surface area contributed by atoms with Gasteiger partial charge in [0.05, 0.1) is 5.92 Å². The van der Waals surface area contributed by atoms with E-state index in [4.69, 9.17) is 11.1 Å². The minimum absolute atomic E-state index is 0.0661. The van der Waals surface area contributed by atoms with Crippen molar-refractivity contribution < 1.29 is 9.90 Å². The zero-order chi connectivity index (χ0) is 21.7. The first kappa shape index (κ1) is 19.5. The molecule has 2 saturated carbocycles. The number of carbonyl (C=O) groups is 1. The topological polar surface area (TPSA) is 142 Å². The number of fused-ring (bicyclic) bond motifs is 2. The zero-order valence-electron chi connectivity index (χ0n) is 17.2. The van der Waals surface area contributed by atoms with Gasteiger partial charge in [0.1, 0.15) is 17.0 Å². The van der Waals surface area contributed by atoms with Gasteiger partial charge in [0.15, 0.2) is 5.82 Å². The summed E-state index contributed by atoms with van der Waals surface area (Å²) in [5.41, 5.74) is 7.21. The lowest BCUT2D eigenvalue weighted by Gasteiger charge is -2.35. The highest BCUT2D eigenvalue weighted by Gasteiger charge is 2.54. The number of pyridine rings is 1. The fraction of sp³-hybridized carbons (Fsp3) is 0.409. The Kier molecular flexibility index (Phi) is 4.60. The Morgan fingerprint density at radius 1 is 1.35 bits per heavy atom. The van der Waals surface area contributed by atoms with Crippen molar-refractivity contribution in [2.24, 2.45) is 23.7 Å². The van der Waals surface area contributed by atoms with Crippen molar-refractivity contribution >= 4 is 28.8 Å². The number of anilines is 2. The van der Waals surface area contributed by atoms with E-state index in [1.165, 1.54) is 0 Å². The molecule has 0 amide bonds. The molecule has 2 aliphatic rings. The van der Waals surface area contributed by atoms with Crippen LogP contribution >= 0.6 is 0 Å². The van der Waals surface area contributed by atoms with Gasteiger partial charge in [-0.05, 0) is 54.9 Å². The second kappa shape index (κ2) is 7.33. The van der Waals surface area contributed by atoms with Crippen LogP contribution in [-0.4, -0.2) is 42.4 Å². The second-order valence-corrected chi connectivity index (χ2v) is 8.52. The molecule has 31 heavy (non-hydrogen) atoms.